The summed E-state index contributed by atoms with van der Waals surface area (Å²) in [5, 5.41) is 9.16. The molecule has 7 heteroatoms. The minimum Gasteiger partial charge on any atom is -0.396 e. The molecule has 1 atom stereocenters. The first kappa shape index (κ1) is 17.9. The van der Waals surface area contributed by atoms with Crippen molar-refractivity contribution in [3.05, 3.63) is 29.8 Å². The highest BCUT2D eigenvalue weighted by molar-refractivity contribution is 7.89. The van der Waals surface area contributed by atoms with Crippen LogP contribution in [0.25, 0.3) is 0 Å². The molecule has 1 aliphatic heterocycles. The molecule has 0 saturated carbocycles. The number of rotatable bonds is 5. The van der Waals surface area contributed by atoms with E-state index in [2.05, 4.69) is 0 Å². The number of carbonyl (C=O) groups is 1. The quantitative estimate of drug-likeness (QED) is 0.877. The summed E-state index contributed by atoms with van der Waals surface area (Å²) in [6.07, 6.45) is 3.51. The Balaban J connectivity index is 2.20. The van der Waals surface area contributed by atoms with E-state index >= 15 is 0 Å². The van der Waals surface area contributed by atoms with Crippen LogP contribution < -0.4 is 0 Å². The van der Waals surface area contributed by atoms with E-state index in [1.165, 1.54) is 26.2 Å². The van der Waals surface area contributed by atoms with Crippen molar-refractivity contribution in [1.29, 1.82) is 0 Å². The maximum absolute atomic E-state index is 12.7. The van der Waals surface area contributed by atoms with Gasteiger partial charge >= 0.3 is 0 Å². The van der Waals surface area contributed by atoms with E-state index < -0.39 is 10.0 Å². The summed E-state index contributed by atoms with van der Waals surface area (Å²) in [7, 11) is -0.541. The average Bonchev–Trinajstić information content (AvgIpc) is 2.55. The van der Waals surface area contributed by atoms with E-state index in [1.807, 2.05) is 0 Å². The maximum atomic E-state index is 12.7. The highest BCUT2D eigenvalue weighted by Gasteiger charge is 2.27. The highest BCUT2D eigenvalue weighted by Crippen LogP contribution is 2.22. The second-order valence-corrected chi connectivity index (χ2v) is 8.12. The molecule has 2 rings (SSSR count). The molecule has 23 heavy (non-hydrogen) atoms. The summed E-state index contributed by atoms with van der Waals surface area (Å²) in [6.45, 7) is 0.746. The average molecular weight is 340 g/mol. The zero-order valence-corrected chi connectivity index (χ0v) is 14.4. The molecule has 128 valence electrons. The molecule has 0 aromatic heterocycles. The summed E-state index contributed by atoms with van der Waals surface area (Å²) in [5.41, 5.74) is 0.479. The molecular weight excluding hydrogens is 316 g/mol. The Kier molecular flexibility index (Phi) is 5.78. The fraction of sp³-hybridized carbons (Fsp3) is 0.562. The number of amides is 1. The first-order valence-electron chi connectivity index (χ1n) is 7.82. The van der Waals surface area contributed by atoms with Crippen LogP contribution in [0.15, 0.2) is 29.2 Å². The van der Waals surface area contributed by atoms with Gasteiger partial charge in [-0.15, -0.1) is 0 Å². The van der Waals surface area contributed by atoms with Crippen LogP contribution in [0.2, 0.25) is 0 Å². The second kappa shape index (κ2) is 7.42. The molecule has 1 amide bonds. The molecule has 0 bridgehead atoms. The Hall–Kier alpha value is -1.44. The molecule has 6 nitrogen and oxygen atoms in total. The van der Waals surface area contributed by atoms with E-state index in [-0.39, 0.29) is 23.5 Å². The zero-order valence-electron chi connectivity index (χ0n) is 13.6. The van der Waals surface area contributed by atoms with Crippen molar-refractivity contribution in [3.63, 3.8) is 0 Å². The third-order valence-corrected chi connectivity index (χ3v) is 6.06. The van der Waals surface area contributed by atoms with E-state index in [0.29, 0.717) is 18.5 Å². The number of aliphatic hydroxyl groups excluding tert-OH is 1. The van der Waals surface area contributed by atoms with Crippen molar-refractivity contribution in [3.8, 4) is 0 Å². The largest absolute Gasteiger partial charge is 0.396 e. The Labute approximate surface area is 137 Å². The second-order valence-electron chi connectivity index (χ2n) is 5.97. The van der Waals surface area contributed by atoms with Gasteiger partial charge in [0.05, 0.1) is 4.90 Å². The van der Waals surface area contributed by atoms with Crippen molar-refractivity contribution in [2.45, 2.75) is 36.6 Å². The highest BCUT2D eigenvalue weighted by atomic mass is 32.2. The number of likely N-dealkylation sites (tertiary alicyclic amines) is 1. The number of nitrogens with zero attached hydrogens (tertiary/aromatic N) is 2. The molecule has 1 unspecified atom stereocenters. The monoisotopic (exact) mass is 340 g/mol. The molecule has 1 aromatic rings. The third-order valence-electron chi connectivity index (χ3n) is 4.23. The first-order valence-corrected chi connectivity index (χ1v) is 9.26. The molecular formula is C16H24N2O4S. The van der Waals surface area contributed by atoms with E-state index in [1.54, 1.807) is 17.0 Å². The van der Waals surface area contributed by atoms with Gasteiger partial charge in [-0.2, -0.15) is 0 Å². The van der Waals surface area contributed by atoms with E-state index in [4.69, 9.17) is 5.11 Å². The lowest BCUT2D eigenvalue weighted by molar-refractivity contribution is 0.0574. The number of piperidine rings is 1. The fourth-order valence-electron chi connectivity index (χ4n) is 2.86. The van der Waals surface area contributed by atoms with Gasteiger partial charge in [0.15, 0.2) is 0 Å². The molecule has 1 saturated heterocycles. The summed E-state index contributed by atoms with van der Waals surface area (Å²) >= 11 is 0. The standard InChI is InChI=1S/C16H24N2O4S/c1-17(2)23(21,22)15-8-6-13(7-9-15)16(20)18-11-4-3-5-14(18)10-12-19/h6-9,14,19H,3-5,10-12H2,1-2H3. The van der Waals surface area contributed by atoms with Gasteiger partial charge in [0.1, 0.15) is 0 Å². The summed E-state index contributed by atoms with van der Waals surface area (Å²) in [5.74, 6) is -0.100. The number of aliphatic hydroxyl groups is 1. The van der Waals surface area contributed by atoms with Gasteiger partial charge in [-0.1, -0.05) is 0 Å². The lowest BCUT2D eigenvalue weighted by Crippen LogP contribution is -2.44. The summed E-state index contributed by atoms with van der Waals surface area (Å²) in [4.78, 5) is 14.6. The van der Waals surface area contributed by atoms with Crippen molar-refractivity contribution in [2.75, 3.05) is 27.2 Å². The predicted molar refractivity (Wildman–Crippen MR) is 87.7 cm³/mol. The van der Waals surface area contributed by atoms with Crippen LogP contribution in [0.3, 0.4) is 0 Å². The normalized spacial score (nSPS) is 19.1. The van der Waals surface area contributed by atoms with Crippen LogP contribution in [0.1, 0.15) is 36.0 Å². The predicted octanol–water partition coefficient (Wildman–Crippen LogP) is 1.31. The molecule has 0 aliphatic carbocycles. The number of hydrogen-bond donors (Lipinski definition) is 1. The molecule has 1 fully saturated rings. The van der Waals surface area contributed by atoms with E-state index in [9.17, 15) is 13.2 Å². The Bertz CT molecular complexity index is 639. The minimum absolute atomic E-state index is 0.0615. The van der Waals surface area contributed by atoms with Crippen LogP contribution >= 0.6 is 0 Å². The number of sulfonamides is 1. The van der Waals surface area contributed by atoms with Gasteiger partial charge in [-0.25, -0.2) is 12.7 Å². The van der Waals surface area contributed by atoms with Gasteiger partial charge in [0.2, 0.25) is 10.0 Å². The SMILES string of the molecule is CN(C)S(=O)(=O)c1ccc(C(=O)N2CCCCC2CCO)cc1. The van der Waals surface area contributed by atoms with Gasteiger partial charge in [0, 0.05) is 38.9 Å². The molecule has 0 radical (unpaired) electrons. The summed E-state index contributed by atoms with van der Waals surface area (Å²) < 4.78 is 25.3. The molecule has 1 aliphatic rings. The van der Waals surface area contributed by atoms with Crippen LogP contribution in [0.5, 0.6) is 0 Å². The molecule has 1 aromatic carbocycles. The minimum atomic E-state index is -3.49. The van der Waals surface area contributed by atoms with Crippen molar-refractivity contribution in [1.82, 2.24) is 9.21 Å². The lowest BCUT2D eigenvalue weighted by atomic mass is 9.98. The molecule has 1 N–H and O–H groups in total. The van der Waals surface area contributed by atoms with Crippen molar-refractivity contribution in [2.24, 2.45) is 0 Å². The number of hydrogen-bond acceptors (Lipinski definition) is 4. The Morgan fingerprint density at radius 1 is 1.26 bits per heavy atom. The van der Waals surface area contributed by atoms with Crippen molar-refractivity contribution >= 4 is 15.9 Å². The lowest BCUT2D eigenvalue weighted by Gasteiger charge is -2.35. The molecule has 1 heterocycles. The van der Waals surface area contributed by atoms with Gasteiger partial charge in [-0.05, 0) is 49.9 Å². The topological polar surface area (TPSA) is 77.9 Å². The maximum Gasteiger partial charge on any atom is 0.254 e. The number of carbonyl (C=O) groups excluding carboxylic acids is 1. The number of benzene rings is 1. The van der Waals surface area contributed by atoms with Crippen LogP contribution in [0, 0.1) is 0 Å². The van der Waals surface area contributed by atoms with E-state index in [0.717, 1.165) is 23.6 Å². The smallest absolute Gasteiger partial charge is 0.254 e. The van der Waals surface area contributed by atoms with Crippen LogP contribution in [0.4, 0.5) is 0 Å². The zero-order chi connectivity index (χ0) is 17.0. The Morgan fingerprint density at radius 3 is 2.48 bits per heavy atom. The third kappa shape index (κ3) is 3.91. The molecule has 0 spiro atoms. The first-order chi connectivity index (χ1) is 10.9. The summed E-state index contributed by atoms with van der Waals surface area (Å²) in [6, 6.07) is 6.11. The Morgan fingerprint density at radius 2 is 1.91 bits per heavy atom. The van der Waals surface area contributed by atoms with Gasteiger partial charge in [-0.3, -0.25) is 4.79 Å². The van der Waals surface area contributed by atoms with Gasteiger partial charge < -0.3 is 10.0 Å². The van der Waals surface area contributed by atoms with Crippen molar-refractivity contribution < 1.29 is 18.3 Å². The fourth-order valence-corrected chi connectivity index (χ4v) is 3.76. The van der Waals surface area contributed by atoms with Crippen LogP contribution in [-0.2, 0) is 10.0 Å². The van der Waals surface area contributed by atoms with Gasteiger partial charge in [0.25, 0.3) is 5.91 Å². The van der Waals surface area contributed by atoms with Crippen LogP contribution in [-0.4, -0.2) is 61.9 Å².